The molecule has 2 amide bonds. The Morgan fingerprint density at radius 1 is 1.10 bits per heavy atom. The number of benzene rings is 1. The molecule has 1 atom stereocenters. The lowest BCUT2D eigenvalue weighted by molar-refractivity contribution is -0.137. The minimum Gasteiger partial charge on any atom is -0.476 e. The number of carboxylic acids is 1. The number of imidazole rings is 1. The summed E-state index contributed by atoms with van der Waals surface area (Å²) in [5, 5.41) is 12.3. The molecule has 3 heterocycles. The van der Waals surface area contributed by atoms with Gasteiger partial charge in [-0.3, -0.25) is 9.69 Å². The zero-order valence-corrected chi connectivity index (χ0v) is 22.5. The maximum absolute atomic E-state index is 13.0. The van der Waals surface area contributed by atoms with Crippen molar-refractivity contribution in [2.45, 2.75) is 57.9 Å². The number of rotatable bonds is 5. The van der Waals surface area contributed by atoms with Crippen molar-refractivity contribution in [1.29, 1.82) is 0 Å². The van der Waals surface area contributed by atoms with Crippen LogP contribution >= 0.6 is 0 Å². The van der Waals surface area contributed by atoms with Crippen LogP contribution in [0.5, 0.6) is 0 Å². The van der Waals surface area contributed by atoms with Gasteiger partial charge in [0.1, 0.15) is 17.1 Å². The highest BCUT2D eigenvalue weighted by atomic mass is 19.4. The van der Waals surface area contributed by atoms with Crippen molar-refractivity contribution in [3.63, 3.8) is 0 Å². The number of nitrogens with two attached hydrogens (primary N) is 1. The van der Waals surface area contributed by atoms with E-state index in [2.05, 4.69) is 15.3 Å². The van der Waals surface area contributed by atoms with E-state index in [1.165, 1.54) is 29.2 Å². The maximum Gasteiger partial charge on any atom is 0.416 e. The lowest BCUT2D eigenvalue weighted by Crippen LogP contribution is -2.43. The number of carboxylic acid groups (broad SMARTS) is 1. The Hall–Kier alpha value is -4.62. The van der Waals surface area contributed by atoms with Crippen LogP contribution in [0.25, 0.3) is 11.3 Å². The quantitative estimate of drug-likeness (QED) is 0.356. The van der Waals surface area contributed by atoms with Gasteiger partial charge in [-0.15, -0.1) is 0 Å². The number of likely N-dealkylation sites (tertiary alicyclic amines) is 1. The van der Waals surface area contributed by atoms with Crippen molar-refractivity contribution in [2.75, 3.05) is 17.7 Å². The second-order valence-electron chi connectivity index (χ2n) is 10.5. The van der Waals surface area contributed by atoms with Crippen molar-refractivity contribution in [3.8, 4) is 11.3 Å². The van der Waals surface area contributed by atoms with Crippen LogP contribution in [0.4, 0.5) is 23.8 Å². The molecule has 1 unspecified atom stereocenters. The number of ether oxygens (including phenoxy) is 1. The Labute approximate surface area is 233 Å². The molecule has 41 heavy (non-hydrogen) atoms. The number of halogens is 3. The first-order valence-corrected chi connectivity index (χ1v) is 12.7. The van der Waals surface area contributed by atoms with E-state index in [9.17, 15) is 32.7 Å². The second-order valence-corrected chi connectivity index (χ2v) is 10.5. The first-order chi connectivity index (χ1) is 19.2. The van der Waals surface area contributed by atoms with Crippen molar-refractivity contribution >= 4 is 23.8 Å². The third-order valence-corrected chi connectivity index (χ3v) is 6.32. The van der Waals surface area contributed by atoms with Gasteiger partial charge in [0, 0.05) is 23.9 Å². The number of amides is 2. The fraction of sp³-hybridized carbons (Fsp3) is 0.370. The predicted octanol–water partition coefficient (Wildman–Crippen LogP) is 5.09. The summed E-state index contributed by atoms with van der Waals surface area (Å²) in [6.07, 6.45) is -2.23. The monoisotopic (exact) mass is 574 g/mol. The number of hydrogen-bond donors (Lipinski definition) is 3. The number of aromatic carboxylic acids is 1. The minimum absolute atomic E-state index is 0.0243. The third kappa shape index (κ3) is 6.58. The molecule has 1 aromatic carbocycles. The van der Waals surface area contributed by atoms with Crippen LogP contribution in [0.15, 0.2) is 42.6 Å². The molecule has 1 aliphatic rings. The molecule has 1 aliphatic heterocycles. The molecule has 0 radical (unpaired) electrons. The highest BCUT2D eigenvalue weighted by Gasteiger charge is 2.36. The summed E-state index contributed by atoms with van der Waals surface area (Å²) in [7, 11) is 0. The number of aromatic nitrogens is 3. The van der Waals surface area contributed by atoms with Gasteiger partial charge >= 0.3 is 18.2 Å². The Morgan fingerprint density at radius 2 is 1.78 bits per heavy atom. The molecule has 0 aliphatic carbocycles. The summed E-state index contributed by atoms with van der Waals surface area (Å²) < 4.78 is 45.4. The Kier molecular flexibility index (Phi) is 7.95. The summed E-state index contributed by atoms with van der Waals surface area (Å²) >= 11 is 0. The molecule has 2 aromatic heterocycles. The average Bonchev–Trinajstić information content (AvgIpc) is 3.24. The van der Waals surface area contributed by atoms with Gasteiger partial charge in [-0.2, -0.15) is 13.2 Å². The predicted molar refractivity (Wildman–Crippen MR) is 141 cm³/mol. The molecule has 3 aromatic rings. The van der Waals surface area contributed by atoms with Gasteiger partial charge in [0.15, 0.2) is 11.5 Å². The molecule has 0 bridgehead atoms. The van der Waals surface area contributed by atoms with Crippen molar-refractivity contribution in [2.24, 2.45) is 0 Å². The van der Waals surface area contributed by atoms with E-state index in [0.29, 0.717) is 24.6 Å². The van der Waals surface area contributed by atoms with Crippen LogP contribution in [0.2, 0.25) is 0 Å². The first kappa shape index (κ1) is 29.4. The molecule has 4 rings (SSSR count). The number of carbonyl (C=O) groups excluding carboxylic acids is 2. The lowest BCUT2D eigenvalue weighted by atomic mass is 10.0. The summed E-state index contributed by atoms with van der Waals surface area (Å²) in [4.78, 5) is 47.5. The van der Waals surface area contributed by atoms with E-state index in [0.717, 1.165) is 29.8 Å². The van der Waals surface area contributed by atoms with Crippen LogP contribution < -0.4 is 11.2 Å². The zero-order chi connectivity index (χ0) is 30.1. The molecule has 11 nitrogen and oxygen atoms in total. The van der Waals surface area contributed by atoms with Gasteiger partial charge in [-0.1, -0.05) is 12.1 Å². The van der Waals surface area contributed by atoms with E-state index < -0.39 is 41.4 Å². The Balaban J connectivity index is 1.61. The van der Waals surface area contributed by atoms with E-state index >= 15 is 0 Å². The van der Waals surface area contributed by atoms with E-state index in [4.69, 9.17) is 10.6 Å². The molecular weight excluding hydrogens is 545 g/mol. The number of nitrogens with zero attached hydrogens (tertiary/aromatic N) is 4. The van der Waals surface area contributed by atoms with Crippen LogP contribution in [0.3, 0.4) is 0 Å². The normalized spacial score (nSPS) is 15.9. The number of nitrogens with one attached hydrogen (secondary N) is 1. The molecule has 4 N–H and O–H groups in total. The standard InChI is InChI=1S/C27H29F3N6O5/c1-26(2,3)41-25(40)35-13-5-4-6-18(35)22-34-20(21(24(38)39)36(22)31)15-7-9-16(10-8-15)23(37)33-19-14-17(11-12-32-19)27(28,29)30/h7-12,14,18H,4-6,13,31H2,1-3H3,(H,38,39)(H,32,33,37). The number of nitrogen functional groups attached to an aromatic ring is 1. The largest absolute Gasteiger partial charge is 0.476 e. The second kappa shape index (κ2) is 11.1. The van der Waals surface area contributed by atoms with Crippen molar-refractivity contribution in [1.82, 2.24) is 19.5 Å². The topological polar surface area (TPSA) is 153 Å². The summed E-state index contributed by atoms with van der Waals surface area (Å²) in [5.41, 5.74) is -1.59. The zero-order valence-electron chi connectivity index (χ0n) is 22.5. The smallest absolute Gasteiger partial charge is 0.416 e. The lowest BCUT2D eigenvalue weighted by Gasteiger charge is -2.36. The van der Waals surface area contributed by atoms with E-state index in [-0.39, 0.29) is 28.6 Å². The molecule has 0 spiro atoms. The molecular formula is C27H29F3N6O5. The molecule has 0 saturated carbocycles. The van der Waals surface area contributed by atoms with Gasteiger partial charge < -0.3 is 21.0 Å². The van der Waals surface area contributed by atoms with Crippen LogP contribution in [-0.4, -0.2) is 54.8 Å². The fourth-order valence-electron chi connectivity index (χ4n) is 4.47. The fourth-order valence-corrected chi connectivity index (χ4v) is 4.47. The number of pyridine rings is 1. The SMILES string of the molecule is CC(C)(C)OC(=O)N1CCCCC1c1nc(-c2ccc(C(=O)Nc3cc(C(F)(F)F)ccn3)cc2)c(C(=O)O)n1N. The maximum atomic E-state index is 13.0. The number of piperidine rings is 1. The van der Waals surface area contributed by atoms with Crippen molar-refractivity contribution < 1.29 is 37.4 Å². The van der Waals surface area contributed by atoms with Crippen molar-refractivity contribution in [3.05, 3.63) is 65.2 Å². The molecule has 14 heteroatoms. The van der Waals surface area contributed by atoms with Gasteiger partial charge in [0.25, 0.3) is 5.91 Å². The summed E-state index contributed by atoms with van der Waals surface area (Å²) in [5.74, 6) is 4.03. The third-order valence-electron chi connectivity index (χ3n) is 6.32. The number of hydrogen-bond acceptors (Lipinski definition) is 7. The van der Waals surface area contributed by atoms with Crippen LogP contribution in [0, 0.1) is 0 Å². The minimum atomic E-state index is -4.60. The summed E-state index contributed by atoms with van der Waals surface area (Å²) in [6, 6.07) is 6.50. The highest BCUT2D eigenvalue weighted by Crippen LogP contribution is 2.35. The number of anilines is 1. The van der Waals surface area contributed by atoms with Gasteiger partial charge in [-0.25, -0.2) is 24.2 Å². The van der Waals surface area contributed by atoms with Gasteiger partial charge in [-0.05, 0) is 64.3 Å². The van der Waals surface area contributed by atoms with Gasteiger partial charge in [0.05, 0.1) is 11.6 Å². The Morgan fingerprint density at radius 3 is 2.39 bits per heavy atom. The molecule has 1 saturated heterocycles. The highest BCUT2D eigenvalue weighted by molar-refractivity contribution is 6.04. The molecule has 218 valence electrons. The van der Waals surface area contributed by atoms with E-state index in [1.54, 1.807) is 20.8 Å². The average molecular weight is 575 g/mol. The molecule has 1 fully saturated rings. The van der Waals surface area contributed by atoms with Gasteiger partial charge in [0.2, 0.25) is 0 Å². The first-order valence-electron chi connectivity index (χ1n) is 12.7. The van der Waals surface area contributed by atoms with Crippen LogP contribution in [0.1, 0.15) is 78.3 Å². The van der Waals surface area contributed by atoms with Crippen LogP contribution in [-0.2, 0) is 10.9 Å². The Bertz CT molecular complexity index is 1460. The summed E-state index contributed by atoms with van der Waals surface area (Å²) in [6.45, 7) is 5.62. The van der Waals surface area contributed by atoms with E-state index in [1.807, 2.05) is 0 Å². The number of carbonyl (C=O) groups is 3. The number of alkyl halides is 3.